The molecule has 2 aromatic rings. The van der Waals surface area contributed by atoms with Crippen molar-refractivity contribution >= 4 is 30.4 Å². The predicted octanol–water partition coefficient (Wildman–Crippen LogP) is 5.25. The molecule has 3 nitrogen and oxygen atoms in total. The SMILES string of the molecule is Cc1cccc(I(OS(=O)(=O)C(F)(F)F)c2c(C)cc(C)cc2C)c1. The first-order valence-electron chi connectivity index (χ1n) is 7.28. The summed E-state index contributed by atoms with van der Waals surface area (Å²) in [5.74, 6) is 0. The van der Waals surface area contributed by atoms with Gasteiger partial charge in [0.25, 0.3) is 0 Å². The molecule has 0 radical (unpaired) electrons. The van der Waals surface area contributed by atoms with Crippen LogP contribution in [0.2, 0.25) is 0 Å². The summed E-state index contributed by atoms with van der Waals surface area (Å²) in [4.78, 5) is 0. The van der Waals surface area contributed by atoms with Gasteiger partial charge in [0.05, 0.1) is 0 Å². The molecule has 0 saturated carbocycles. The van der Waals surface area contributed by atoms with Crippen LogP contribution < -0.4 is 0 Å². The van der Waals surface area contributed by atoms with E-state index in [9.17, 15) is 21.6 Å². The van der Waals surface area contributed by atoms with Crippen LogP contribution in [0.5, 0.6) is 0 Å². The van der Waals surface area contributed by atoms with Crippen molar-refractivity contribution in [1.29, 1.82) is 0 Å². The fraction of sp³-hybridized carbons (Fsp3) is 0.294. The number of hydrogen-bond donors (Lipinski definition) is 0. The predicted molar refractivity (Wildman–Crippen MR) is 99.3 cm³/mol. The van der Waals surface area contributed by atoms with Crippen molar-refractivity contribution in [2.75, 3.05) is 0 Å². The first-order valence-corrected chi connectivity index (χ1v) is 11.7. The minimum absolute atomic E-state index is 0.507. The minimum atomic E-state index is -5.68. The van der Waals surface area contributed by atoms with Crippen LogP contribution in [0.4, 0.5) is 13.2 Å². The van der Waals surface area contributed by atoms with Crippen LogP contribution in [0.25, 0.3) is 0 Å². The summed E-state index contributed by atoms with van der Waals surface area (Å²) >= 11 is -3.33. The van der Waals surface area contributed by atoms with Crippen molar-refractivity contribution in [3.63, 3.8) is 0 Å². The number of aryl methyl sites for hydroxylation is 4. The van der Waals surface area contributed by atoms with Gasteiger partial charge in [0.1, 0.15) is 0 Å². The maximum absolute atomic E-state index is 12.9. The van der Waals surface area contributed by atoms with E-state index in [2.05, 4.69) is 0 Å². The number of alkyl halides is 3. The molecule has 0 bridgehead atoms. The maximum atomic E-state index is 12.9. The summed E-state index contributed by atoms with van der Waals surface area (Å²) in [6, 6.07) is 10.5. The Kier molecular flexibility index (Phi) is 5.85. The molecule has 0 saturated heterocycles. The Labute approximate surface area is 153 Å². The molecule has 0 unspecified atom stereocenters. The molecule has 0 N–H and O–H groups in total. The normalized spacial score (nSPS) is 13.0. The second-order valence-corrected chi connectivity index (χ2v) is 12.0. The molecule has 25 heavy (non-hydrogen) atoms. The first kappa shape index (κ1) is 20.2. The second-order valence-electron chi connectivity index (χ2n) is 5.72. The van der Waals surface area contributed by atoms with Gasteiger partial charge in [0, 0.05) is 0 Å². The van der Waals surface area contributed by atoms with Crippen LogP contribution >= 0.6 is 20.2 Å². The monoisotopic (exact) mass is 486 g/mol. The summed E-state index contributed by atoms with van der Waals surface area (Å²) in [5.41, 5.74) is -2.19. The molecule has 138 valence electrons. The molecule has 0 fully saturated rings. The van der Waals surface area contributed by atoms with Crippen molar-refractivity contribution in [3.05, 3.63) is 65.8 Å². The fourth-order valence-corrected chi connectivity index (χ4v) is 9.80. The first-order chi connectivity index (χ1) is 11.4. The number of halogens is 4. The van der Waals surface area contributed by atoms with Crippen molar-refractivity contribution in [3.8, 4) is 0 Å². The molecule has 2 aromatic carbocycles. The summed E-state index contributed by atoms with van der Waals surface area (Å²) in [7, 11) is -5.68. The van der Waals surface area contributed by atoms with Gasteiger partial charge < -0.3 is 0 Å². The molecule has 0 spiro atoms. The van der Waals surface area contributed by atoms with Gasteiger partial charge in [-0.2, -0.15) is 0 Å². The van der Waals surface area contributed by atoms with Crippen molar-refractivity contribution in [2.24, 2.45) is 0 Å². The van der Waals surface area contributed by atoms with E-state index in [1.807, 2.05) is 19.1 Å². The van der Waals surface area contributed by atoms with E-state index < -0.39 is 35.9 Å². The standard InChI is InChI=1S/C17H18F3IO3S/c1-11-6-5-7-15(10-11)21(24-25(22,23)17(18,19)20)16-13(3)8-12(2)9-14(16)4/h5-10H,1-4H3. The Morgan fingerprint density at radius 1 is 0.920 bits per heavy atom. The summed E-state index contributed by atoms with van der Waals surface area (Å²) < 4.78 is 67.9. The van der Waals surface area contributed by atoms with E-state index >= 15 is 0 Å². The van der Waals surface area contributed by atoms with Crippen LogP contribution in [0.15, 0.2) is 36.4 Å². The van der Waals surface area contributed by atoms with Gasteiger partial charge in [0.15, 0.2) is 0 Å². The van der Waals surface area contributed by atoms with Gasteiger partial charge in [-0.05, 0) is 0 Å². The molecule has 0 atom stereocenters. The zero-order valence-corrected chi connectivity index (χ0v) is 17.1. The fourth-order valence-electron chi connectivity index (χ4n) is 2.44. The van der Waals surface area contributed by atoms with Gasteiger partial charge >= 0.3 is 153 Å². The van der Waals surface area contributed by atoms with E-state index in [4.69, 9.17) is 2.51 Å². The second kappa shape index (κ2) is 7.24. The Morgan fingerprint density at radius 3 is 1.96 bits per heavy atom. The number of hydrogen-bond acceptors (Lipinski definition) is 3. The van der Waals surface area contributed by atoms with Crippen LogP contribution in [-0.4, -0.2) is 13.9 Å². The molecule has 0 amide bonds. The number of benzene rings is 2. The topological polar surface area (TPSA) is 43.4 Å². The quantitative estimate of drug-likeness (QED) is 0.438. The van der Waals surface area contributed by atoms with E-state index in [-0.39, 0.29) is 0 Å². The molecule has 0 aliphatic rings. The summed E-state index contributed by atoms with van der Waals surface area (Å²) in [6.07, 6.45) is 0. The van der Waals surface area contributed by atoms with E-state index in [1.54, 1.807) is 45.0 Å². The Balaban J connectivity index is 2.67. The van der Waals surface area contributed by atoms with Crippen LogP contribution in [0.3, 0.4) is 0 Å². The molecular formula is C17H18F3IO3S. The van der Waals surface area contributed by atoms with Crippen molar-refractivity contribution in [1.82, 2.24) is 0 Å². The van der Waals surface area contributed by atoms with Gasteiger partial charge in [-0.1, -0.05) is 0 Å². The average Bonchev–Trinajstić information content (AvgIpc) is 2.43. The molecule has 0 aromatic heterocycles. The Hall–Kier alpha value is -1.13. The van der Waals surface area contributed by atoms with E-state index in [0.717, 1.165) is 22.3 Å². The van der Waals surface area contributed by atoms with Crippen LogP contribution in [-0.2, 0) is 12.6 Å². The average molecular weight is 486 g/mol. The van der Waals surface area contributed by atoms with E-state index in [1.165, 1.54) is 0 Å². The zero-order chi connectivity index (χ0) is 19.0. The number of rotatable bonds is 4. The third-order valence-corrected chi connectivity index (χ3v) is 11.2. The third kappa shape index (κ3) is 4.53. The molecule has 0 aliphatic heterocycles. The van der Waals surface area contributed by atoms with Gasteiger partial charge in [0.2, 0.25) is 0 Å². The summed E-state index contributed by atoms with van der Waals surface area (Å²) in [5, 5.41) is 0. The molecule has 0 heterocycles. The van der Waals surface area contributed by atoms with Crippen LogP contribution in [0.1, 0.15) is 22.3 Å². The molecule has 2 rings (SSSR count). The van der Waals surface area contributed by atoms with Gasteiger partial charge in [-0.25, -0.2) is 0 Å². The Bertz CT molecular complexity index is 869. The van der Waals surface area contributed by atoms with Crippen molar-refractivity contribution < 1.29 is 24.1 Å². The van der Waals surface area contributed by atoms with Gasteiger partial charge in [-0.3, -0.25) is 0 Å². The molecular weight excluding hydrogens is 468 g/mol. The molecule has 0 aliphatic carbocycles. The van der Waals surface area contributed by atoms with E-state index in [0.29, 0.717) is 7.14 Å². The van der Waals surface area contributed by atoms with Gasteiger partial charge in [-0.15, -0.1) is 0 Å². The third-order valence-electron chi connectivity index (χ3n) is 3.36. The van der Waals surface area contributed by atoms with Crippen molar-refractivity contribution in [2.45, 2.75) is 33.2 Å². The van der Waals surface area contributed by atoms with Crippen LogP contribution in [0, 0.1) is 34.8 Å². The Morgan fingerprint density at radius 2 is 1.48 bits per heavy atom. The summed E-state index contributed by atoms with van der Waals surface area (Å²) in [6.45, 7) is 7.20. The molecule has 8 heteroatoms. The zero-order valence-electron chi connectivity index (χ0n) is 14.1.